The standard InChI is InChI=1S/C18H15N5O/c24-17-16(15-11-5-2-6-12-15)21-23-18(20-17)22-19-13-7-10-14-8-3-1-4-9-14/h1-13H,(H2,20,22,23,24)/b10-7+,19-13-. The molecule has 0 aliphatic heterocycles. The number of nitrogens with zero attached hydrogens (tertiary/aromatic N) is 3. The van der Waals surface area contributed by atoms with E-state index in [-0.39, 0.29) is 17.2 Å². The summed E-state index contributed by atoms with van der Waals surface area (Å²) in [7, 11) is 0. The van der Waals surface area contributed by atoms with E-state index in [1.54, 1.807) is 24.4 Å². The van der Waals surface area contributed by atoms with Crippen LogP contribution in [0.25, 0.3) is 17.3 Å². The first kappa shape index (κ1) is 15.4. The van der Waals surface area contributed by atoms with Gasteiger partial charge in [0, 0.05) is 11.8 Å². The lowest BCUT2D eigenvalue weighted by Gasteiger charge is -2.00. The molecular weight excluding hydrogens is 302 g/mol. The van der Waals surface area contributed by atoms with Crippen LogP contribution in [-0.2, 0) is 0 Å². The fourth-order valence-corrected chi connectivity index (χ4v) is 2.03. The van der Waals surface area contributed by atoms with E-state index < -0.39 is 0 Å². The number of nitrogens with one attached hydrogen (secondary N) is 2. The van der Waals surface area contributed by atoms with Crippen LogP contribution in [-0.4, -0.2) is 21.4 Å². The average molecular weight is 317 g/mol. The molecule has 0 atom stereocenters. The number of hydrogen-bond donors (Lipinski definition) is 2. The molecule has 0 radical (unpaired) electrons. The lowest BCUT2D eigenvalue weighted by atomic mass is 10.2. The first-order chi connectivity index (χ1) is 11.8. The minimum atomic E-state index is -0.325. The molecule has 0 fully saturated rings. The van der Waals surface area contributed by atoms with Crippen LogP contribution in [0.5, 0.6) is 0 Å². The van der Waals surface area contributed by atoms with Crippen LogP contribution in [0.2, 0.25) is 0 Å². The van der Waals surface area contributed by atoms with Crippen molar-refractivity contribution >= 4 is 18.2 Å². The Balaban J connectivity index is 1.64. The minimum Gasteiger partial charge on any atom is -0.288 e. The monoisotopic (exact) mass is 317 g/mol. The third kappa shape index (κ3) is 4.01. The molecule has 3 rings (SSSR count). The van der Waals surface area contributed by atoms with Crippen LogP contribution < -0.4 is 11.0 Å². The van der Waals surface area contributed by atoms with Gasteiger partial charge in [0.1, 0.15) is 0 Å². The van der Waals surface area contributed by atoms with Gasteiger partial charge in [-0.15, -0.1) is 10.2 Å². The summed E-state index contributed by atoms with van der Waals surface area (Å²) in [5.41, 5.74) is 4.37. The van der Waals surface area contributed by atoms with E-state index in [0.29, 0.717) is 5.56 Å². The molecule has 118 valence electrons. The first-order valence-electron chi connectivity index (χ1n) is 7.36. The van der Waals surface area contributed by atoms with Gasteiger partial charge in [0.2, 0.25) is 5.95 Å². The van der Waals surface area contributed by atoms with E-state index in [0.717, 1.165) is 5.56 Å². The normalized spacial score (nSPS) is 11.2. The summed E-state index contributed by atoms with van der Waals surface area (Å²) in [4.78, 5) is 14.7. The zero-order valence-electron chi connectivity index (χ0n) is 12.8. The van der Waals surface area contributed by atoms with Gasteiger partial charge < -0.3 is 0 Å². The first-order valence-corrected chi connectivity index (χ1v) is 7.36. The third-order valence-corrected chi connectivity index (χ3v) is 3.16. The molecule has 1 heterocycles. The Morgan fingerprint density at radius 2 is 1.67 bits per heavy atom. The summed E-state index contributed by atoms with van der Waals surface area (Å²) in [5, 5.41) is 11.8. The number of hydrogen-bond acceptors (Lipinski definition) is 5. The number of benzene rings is 2. The van der Waals surface area contributed by atoms with Crippen molar-refractivity contribution in [2.45, 2.75) is 0 Å². The molecule has 0 aliphatic rings. The fraction of sp³-hybridized carbons (Fsp3) is 0. The molecule has 6 heteroatoms. The molecule has 0 saturated heterocycles. The topological polar surface area (TPSA) is 83.0 Å². The van der Waals surface area contributed by atoms with Crippen molar-refractivity contribution < 1.29 is 0 Å². The Hall–Kier alpha value is -3.54. The van der Waals surface area contributed by atoms with E-state index in [1.807, 2.05) is 54.6 Å². The van der Waals surface area contributed by atoms with Gasteiger partial charge >= 0.3 is 0 Å². The molecule has 24 heavy (non-hydrogen) atoms. The maximum absolute atomic E-state index is 12.1. The van der Waals surface area contributed by atoms with Crippen molar-refractivity contribution in [3.05, 3.63) is 82.7 Å². The van der Waals surface area contributed by atoms with Crippen LogP contribution in [0.3, 0.4) is 0 Å². The average Bonchev–Trinajstić information content (AvgIpc) is 2.63. The Labute approximate surface area is 138 Å². The second-order valence-electron chi connectivity index (χ2n) is 4.88. The molecule has 3 aromatic rings. The number of allylic oxidation sites excluding steroid dienone is 1. The van der Waals surface area contributed by atoms with Crippen molar-refractivity contribution in [1.82, 2.24) is 15.2 Å². The number of aromatic nitrogens is 3. The second kappa shape index (κ2) is 7.64. The second-order valence-corrected chi connectivity index (χ2v) is 4.88. The van der Waals surface area contributed by atoms with Gasteiger partial charge in [0.15, 0.2) is 5.69 Å². The number of H-pyrrole nitrogens is 1. The van der Waals surface area contributed by atoms with Gasteiger partial charge in [-0.1, -0.05) is 66.7 Å². The van der Waals surface area contributed by atoms with Crippen LogP contribution in [0.1, 0.15) is 5.56 Å². The van der Waals surface area contributed by atoms with E-state index in [1.165, 1.54) is 0 Å². The van der Waals surface area contributed by atoms with Gasteiger partial charge in [-0.3, -0.25) is 9.78 Å². The summed E-state index contributed by atoms with van der Waals surface area (Å²) < 4.78 is 0. The largest absolute Gasteiger partial charge is 0.288 e. The molecule has 6 nitrogen and oxygen atoms in total. The van der Waals surface area contributed by atoms with E-state index in [9.17, 15) is 4.79 Å². The predicted molar refractivity (Wildman–Crippen MR) is 95.7 cm³/mol. The van der Waals surface area contributed by atoms with E-state index in [2.05, 4.69) is 25.7 Å². The van der Waals surface area contributed by atoms with Gasteiger partial charge in [-0.2, -0.15) is 5.10 Å². The van der Waals surface area contributed by atoms with Gasteiger partial charge in [-0.05, 0) is 11.6 Å². The predicted octanol–water partition coefficient (Wildman–Crippen LogP) is 2.94. The van der Waals surface area contributed by atoms with Crippen molar-refractivity contribution in [3.63, 3.8) is 0 Å². The number of rotatable bonds is 5. The van der Waals surface area contributed by atoms with Crippen LogP contribution in [0, 0.1) is 0 Å². The fourth-order valence-electron chi connectivity index (χ4n) is 2.03. The zero-order chi connectivity index (χ0) is 16.6. The van der Waals surface area contributed by atoms with Crippen molar-refractivity contribution in [1.29, 1.82) is 0 Å². The lowest BCUT2D eigenvalue weighted by molar-refractivity contribution is 0.947. The number of aromatic amines is 1. The molecule has 0 saturated carbocycles. The molecule has 0 amide bonds. The highest BCUT2D eigenvalue weighted by Gasteiger charge is 2.06. The SMILES string of the molecule is O=c1[nH]c(N/N=C\C=C\c2ccccc2)nnc1-c1ccccc1. The quantitative estimate of drug-likeness (QED) is 0.560. The third-order valence-electron chi connectivity index (χ3n) is 3.16. The van der Waals surface area contributed by atoms with Crippen LogP contribution in [0.15, 0.2) is 76.6 Å². The highest BCUT2D eigenvalue weighted by molar-refractivity contribution is 5.78. The molecule has 0 bridgehead atoms. The molecular formula is C18H15N5O. The van der Waals surface area contributed by atoms with Crippen LogP contribution in [0.4, 0.5) is 5.95 Å². The van der Waals surface area contributed by atoms with Gasteiger partial charge in [0.25, 0.3) is 5.56 Å². The summed E-state index contributed by atoms with van der Waals surface area (Å²) in [6, 6.07) is 19.0. The highest BCUT2D eigenvalue weighted by atomic mass is 16.1. The summed E-state index contributed by atoms with van der Waals surface area (Å²) in [6.45, 7) is 0. The lowest BCUT2D eigenvalue weighted by Crippen LogP contribution is -2.15. The maximum Gasteiger partial charge on any atom is 0.279 e. The van der Waals surface area contributed by atoms with Crippen molar-refractivity contribution in [3.8, 4) is 11.3 Å². The van der Waals surface area contributed by atoms with E-state index in [4.69, 9.17) is 0 Å². The molecule has 0 spiro atoms. The minimum absolute atomic E-state index is 0.184. The maximum atomic E-state index is 12.1. The van der Waals surface area contributed by atoms with Crippen LogP contribution >= 0.6 is 0 Å². The van der Waals surface area contributed by atoms with Crippen molar-refractivity contribution in [2.75, 3.05) is 5.43 Å². The Morgan fingerprint density at radius 1 is 0.958 bits per heavy atom. The van der Waals surface area contributed by atoms with Gasteiger partial charge in [0.05, 0.1) is 0 Å². The number of anilines is 1. The van der Waals surface area contributed by atoms with E-state index >= 15 is 0 Å². The molecule has 0 aliphatic carbocycles. The Morgan fingerprint density at radius 3 is 2.38 bits per heavy atom. The highest BCUT2D eigenvalue weighted by Crippen LogP contribution is 2.10. The van der Waals surface area contributed by atoms with Crippen molar-refractivity contribution in [2.24, 2.45) is 5.10 Å². The molecule has 1 aromatic heterocycles. The smallest absolute Gasteiger partial charge is 0.279 e. The van der Waals surface area contributed by atoms with Gasteiger partial charge in [-0.25, -0.2) is 5.43 Å². The number of hydrazone groups is 1. The summed E-state index contributed by atoms with van der Waals surface area (Å²) in [5.74, 6) is 0.184. The molecule has 2 aromatic carbocycles. The Kier molecular flexibility index (Phi) is 4.89. The Bertz CT molecular complexity index is 901. The zero-order valence-corrected chi connectivity index (χ0v) is 12.8. The molecule has 0 unspecified atom stereocenters. The molecule has 2 N–H and O–H groups in total. The summed E-state index contributed by atoms with van der Waals surface area (Å²) >= 11 is 0. The summed E-state index contributed by atoms with van der Waals surface area (Å²) in [6.07, 6.45) is 5.27.